The lowest BCUT2D eigenvalue weighted by Gasteiger charge is -2.31. The first-order valence-corrected chi connectivity index (χ1v) is 7.70. The fraction of sp³-hybridized carbons (Fsp3) is 0.438. The van der Waals surface area contributed by atoms with Crippen molar-refractivity contribution in [3.63, 3.8) is 0 Å². The normalized spacial score (nSPS) is 18.6. The number of carbonyl (C=O) groups is 1. The van der Waals surface area contributed by atoms with E-state index in [0.29, 0.717) is 25.1 Å². The van der Waals surface area contributed by atoms with Crippen LogP contribution in [0.4, 0.5) is 13.2 Å². The van der Waals surface area contributed by atoms with Crippen LogP contribution in [0.25, 0.3) is 11.4 Å². The Kier molecular flexibility index (Phi) is 4.76. The minimum Gasteiger partial charge on any atom is -0.372 e. The van der Waals surface area contributed by atoms with Gasteiger partial charge in [-0.25, -0.2) is 0 Å². The van der Waals surface area contributed by atoms with Crippen molar-refractivity contribution in [2.24, 2.45) is 0 Å². The molecule has 0 spiro atoms. The molecule has 1 aromatic heterocycles. The summed E-state index contributed by atoms with van der Waals surface area (Å²) in [4.78, 5) is 17.3. The number of piperidine rings is 1. The van der Waals surface area contributed by atoms with Gasteiger partial charge >= 0.3 is 12.1 Å². The Morgan fingerprint density at radius 3 is 2.64 bits per heavy atom. The highest BCUT2D eigenvalue weighted by Gasteiger charge is 2.38. The lowest BCUT2D eigenvalue weighted by Crippen LogP contribution is -2.44. The molecular formula is C16H16F3N3O3. The first kappa shape index (κ1) is 17.4. The fourth-order valence-electron chi connectivity index (χ4n) is 2.72. The van der Waals surface area contributed by atoms with Gasteiger partial charge in [0.15, 0.2) is 0 Å². The van der Waals surface area contributed by atoms with Gasteiger partial charge in [0.2, 0.25) is 5.82 Å². The van der Waals surface area contributed by atoms with E-state index < -0.39 is 18.2 Å². The quantitative estimate of drug-likeness (QED) is 0.844. The van der Waals surface area contributed by atoms with E-state index in [1.807, 2.05) is 0 Å². The number of benzene rings is 1. The molecule has 0 aliphatic carbocycles. The number of aromatic nitrogens is 2. The van der Waals surface area contributed by atoms with E-state index in [1.54, 1.807) is 29.2 Å². The molecule has 2 heterocycles. The number of alkyl halides is 3. The number of nitrogens with zero attached hydrogens (tertiary/aromatic N) is 3. The predicted octanol–water partition coefficient (Wildman–Crippen LogP) is 2.89. The van der Waals surface area contributed by atoms with Crippen molar-refractivity contribution in [3.05, 3.63) is 35.7 Å². The van der Waals surface area contributed by atoms with Gasteiger partial charge in [0.1, 0.15) is 6.10 Å². The molecule has 1 aromatic carbocycles. The van der Waals surface area contributed by atoms with Crippen LogP contribution in [-0.2, 0) is 22.3 Å². The highest BCUT2D eigenvalue weighted by atomic mass is 19.4. The van der Waals surface area contributed by atoms with Gasteiger partial charge in [-0.05, 0) is 18.4 Å². The summed E-state index contributed by atoms with van der Waals surface area (Å²) in [5.41, 5.74) is 1.26. The van der Waals surface area contributed by atoms with Gasteiger partial charge in [-0.1, -0.05) is 29.4 Å². The summed E-state index contributed by atoms with van der Waals surface area (Å²) < 4.78 is 46.9. The summed E-state index contributed by atoms with van der Waals surface area (Å²) in [5, 5.41) is 3.34. The SMILES string of the molecule is COC1CCCN(Cc2ccc(-c3noc(C(F)(F)F)n3)cc2)C1=O. The van der Waals surface area contributed by atoms with Crippen LogP contribution >= 0.6 is 0 Å². The number of hydrogen-bond acceptors (Lipinski definition) is 5. The summed E-state index contributed by atoms with van der Waals surface area (Å²) in [5.74, 6) is -1.56. The second-order valence-electron chi connectivity index (χ2n) is 5.74. The molecule has 0 bridgehead atoms. The molecule has 2 aromatic rings. The van der Waals surface area contributed by atoms with E-state index in [2.05, 4.69) is 14.7 Å². The number of amides is 1. The third-order valence-electron chi connectivity index (χ3n) is 4.02. The molecule has 1 amide bonds. The lowest BCUT2D eigenvalue weighted by molar-refractivity contribution is -0.159. The number of carbonyl (C=O) groups excluding carboxylic acids is 1. The van der Waals surface area contributed by atoms with E-state index in [1.165, 1.54) is 7.11 Å². The van der Waals surface area contributed by atoms with Crippen molar-refractivity contribution in [1.82, 2.24) is 15.0 Å². The maximum Gasteiger partial charge on any atom is 0.471 e. The van der Waals surface area contributed by atoms with Gasteiger partial charge in [0.25, 0.3) is 5.91 Å². The Morgan fingerprint density at radius 1 is 1.32 bits per heavy atom. The van der Waals surface area contributed by atoms with Crippen LogP contribution in [0.1, 0.15) is 24.3 Å². The maximum absolute atomic E-state index is 12.5. The molecule has 1 aliphatic heterocycles. The summed E-state index contributed by atoms with van der Waals surface area (Å²) >= 11 is 0. The van der Waals surface area contributed by atoms with Crippen LogP contribution < -0.4 is 0 Å². The molecule has 1 atom stereocenters. The van der Waals surface area contributed by atoms with Gasteiger partial charge in [-0.15, -0.1) is 0 Å². The third-order valence-corrected chi connectivity index (χ3v) is 4.02. The second-order valence-corrected chi connectivity index (χ2v) is 5.74. The number of halogens is 3. The van der Waals surface area contributed by atoms with Crippen molar-refractivity contribution in [2.75, 3.05) is 13.7 Å². The smallest absolute Gasteiger partial charge is 0.372 e. The first-order chi connectivity index (χ1) is 11.9. The first-order valence-electron chi connectivity index (χ1n) is 7.70. The summed E-state index contributed by atoms with van der Waals surface area (Å²) in [7, 11) is 1.51. The van der Waals surface area contributed by atoms with E-state index >= 15 is 0 Å². The van der Waals surface area contributed by atoms with Crippen molar-refractivity contribution >= 4 is 5.91 Å². The van der Waals surface area contributed by atoms with Crippen LogP contribution in [0.2, 0.25) is 0 Å². The van der Waals surface area contributed by atoms with Gasteiger partial charge in [0.05, 0.1) is 0 Å². The highest BCUT2D eigenvalue weighted by Crippen LogP contribution is 2.29. The predicted molar refractivity (Wildman–Crippen MR) is 80.2 cm³/mol. The molecule has 25 heavy (non-hydrogen) atoms. The Hall–Kier alpha value is -2.42. The van der Waals surface area contributed by atoms with Crippen molar-refractivity contribution in [3.8, 4) is 11.4 Å². The minimum atomic E-state index is -4.67. The fourth-order valence-corrected chi connectivity index (χ4v) is 2.72. The topological polar surface area (TPSA) is 68.5 Å². The van der Waals surface area contributed by atoms with E-state index in [0.717, 1.165) is 12.0 Å². The van der Waals surface area contributed by atoms with Crippen molar-refractivity contribution in [1.29, 1.82) is 0 Å². The molecule has 6 nitrogen and oxygen atoms in total. The molecule has 3 rings (SSSR count). The Bertz CT molecular complexity index is 743. The molecule has 1 saturated heterocycles. The van der Waals surface area contributed by atoms with E-state index in [9.17, 15) is 18.0 Å². The van der Waals surface area contributed by atoms with E-state index in [4.69, 9.17) is 4.74 Å². The Balaban J connectivity index is 1.70. The van der Waals surface area contributed by atoms with Crippen LogP contribution in [0.15, 0.2) is 28.8 Å². The van der Waals surface area contributed by atoms with Crippen LogP contribution in [0.5, 0.6) is 0 Å². The van der Waals surface area contributed by atoms with Gasteiger partial charge in [0, 0.05) is 25.8 Å². The van der Waals surface area contributed by atoms with Gasteiger partial charge < -0.3 is 14.2 Å². The molecule has 1 aliphatic rings. The zero-order chi connectivity index (χ0) is 18.0. The van der Waals surface area contributed by atoms with E-state index in [-0.39, 0.29) is 11.7 Å². The minimum absolute atomic E-state index is 0.0502. The highest BCUT2D eigenvalue weighted by molar-refractivity contribution is 5.81. The monoisotopic (exact) mass is 355 g/mol. The zero-order valence-corrected chi connectivity index (χ0v) is 13.4. The number of methoxy groups -OCH3 is 1. The lowest BCUT2D eigenvalue weighted by atomic mass is 10.1. The largest absolute Gasteiger partial charge is 0.471 e. The average molecular weight is 355 g/mol. The summed E-state index contributed by atoms with van der Waals surface area (Å²) in [6.45, 7) is 1.07. The van der Waals surface area contributed by atoms with Crippen LogP contribution in [-0.4, -0.2) is 40.7 Å². The van der Waals surface area contributed by atoms with Crippen molar-refractivity contribution in [2.45, 2.75) is 31.7 Å². The Morgan fingerprint density at radius 2 is 2.04 bits per heavy atom. The van der Waals surface area contributed by atoms with Crippen molar-refractivity contribution < 1.29 is 27.2 Å². The maximum atomic E-state index is 12.5. The molecule has 9 heteroatoms. The standard InChI is InChI=1S/C16H16F3N3O3/c1-24-12-3-2-8-22(14(12)23)9-10-4-6-11(7-5-10)13-20-15(25-21-13)16(17,18)19/h4-7,12H,2-3,8-9H2,1H3. The number of likely N-dealkylation sites (tertiary alicyclic amines) is 1. The number of rotatable bonds is 4. The Labute approximate surface area is 141 Å². The second kappa shape index (κ2) is 6.83. The van der Waals surface area contributed by atoms with Crippen LogP contribution in [0.3, 0.4) is 0 Å². The average Bonchev–Trinajstić information content (AvgIpc) is 3.08. The molecule has 0 N–H and O–H groups in total. The van der Waals surface area contributed by atoms with Gasteiger partial charge in [-0.2, -0.15) is 18.2 Å². The molecular weight excluding hydrogens is 339 g/mol. The molecule has 134 valence electrons. The number of hydrogen-bond donors (Lipinski definition) is 0. The molecule has 1 fully saturated rings. The molecule has 0 radical (unpaired) electrons. The number of ether oxygens (including phenoxy) is 1. The van der Waals surface area contributed by atoms with Crippen LogP contribution in [0, 0.1) is 0 Å². The summed E-state index contributed by atoms with van der Waals surface area (Å²) in [6, 6.07) is 6.65. The van der Waals surface area contributed by atoms with Gasteiger partial charge in [-0.3, -0.25) is 4.79 Å². The zero-order valence-electron chi connectivity index (χ0n) is 13.4. The molecule has 1 unspecified atom stereocenters. The molecule has 0 saturated carbocycles. The third kappa shape index (κ3) is 3.81. The summed E-state index contributed by atoms with van der Waals surface area (Å²) in [6.07, 6.45) is -3.50.